The van der Waals surface area contributed by atoms with Crippen LogP contribution >= 0.6 is 0 Å². The summed E-state index contributed by atoms with van der Waals surface area (Å²) in [7, 11) is 0. The molecule has 2 unspecified atom stereocenters. The van der Waals surface area contributed by atoms with E-state index < -0.39 is 5.97 Å². The normalized spacial score (nSPS) is 29.2. The third-order valence-electron chi connectivity index (χ3n) is 5.19. The number of rotatable bonds is 6. The van der Waals surface area contributed by atoms with Gasteiger partial charge in [-0.1, -0.05) is 32.6 Å². The molecule has 122 valence electrons. The first kappa shape index (κ1) is 16.8. The number of ether oxygens (including phenoxy) is 1. The minimum Gasteiger partial charge on any atom is -0.480 e. The highest BCUT2D eigenvalue weighted by Crippen LogP contribution is 2.30. The Morgan fingerprint density at radius 3 is 2.57 bits per heavy atom. The zero-order chi connectivity index (χ0) is 15.1. The molecule has 0 radical (unpaired) electrons. The van der Waals surface area contributed by atoms with Gasteiger partial charge in [-0.05, 0) is 38.0 Å². The standard InChI is InChI=1S/C17H31NO3/c1-2-4-14-5-3-6-15(8-7-14)18-11-9-16(10-12-18)21-13-17(19)20/h14-16H,2-13H2,1H3,(H,19,20). The van der Waals surface area contributed by atoms with Crippen molar-refractivity contribution in [3.8, 4) is 0 Å². The molecular weight excluding hydrogens is 266 g/mol. The summed E-state index contributed by atoms with van der Waals surface area (Å²) in [5, 5.41) is 8.66. The Hall–Kier alpha value is -0.610. The van der Waals surface area contributed by atoms with Gasteiger partial charge >= 0.3 is 5.97 Å². The van der Waals surface area contributed by atoms with Gasteiger partial charge in [-0.25, -0.2) is 4.79 Å². The van der Waals surface area contributed by atoms with Gasteiger partial charge in [0.15, 0.2) is 0 Å². The molecule has 0 aromatic rings. The fourth-order valence-electron chi connectivity index (χ4n) is 4.02. The molecule has 1 N–H and O–H groups in total. The Morgan fingerprint density at radius 2 is 1.90 bits per heavy atom. The quantitative estimate of drug-likeness (QED) is 0.764. The SMILES string of the molecule is CCCC1CCCC(N2CCC(OCC(=O)O)CC2)CC1. The van der Waals surface area contributed by atoms with Crippen molar-refractivity contribution >= 4 is 5.97 Å². The predicted octanol–water partition coefficient (Wildman–Crippen LogP) is 3.30. The lowest BCUT2D eigenvalue weighted by Crippen LogP contribution is -2.43. The Bertz CT molecular complexity index is 313. The molecular formula is C17H31NO3. The number of carboxylic acids is 1. The van der Waals surface area contributed by atoms with Crippen LogP contribution in [0.1, 0.15) is 64.7 Å². The van der Waals surface area contributed by atoms with Crippen LogP contribution < -0.4 is 0 Å². The van der Waals surface area contributed by atoms with Crippen molar-refractivity contribution in [3.63, 3.8) is 0 Å². The molecule has 4 heteroatoms. The van der Waals surface area contributed by atoms with Crippen LogP contribution in [0.3, 0.4) is 0 Å². The summed E-state index contributed by atoms with van der Waals surface area (Å²) >= 11 is 0. The lowest BCUT2D eigenvalue weighted by molar-refractivity contribution is -0.145. The van der Waals surface area contributed by atoms with Crippen LogP contribution in [0.4, 0.5) is 0 Å². The van der Waals surface area contributed by atoms with E-state index >= 15 is 0 Å². The summed E-state index contributed by atoms with van der Waals surface area (Å²) in [5.41, 5.74) is 0. The van der Waals surface area contributed by atoms with Crippen molar-refractivity contribution in [1.82, 2.24) is 4.90 Å². The zero-order valence-corrected chi connectivity index (χ0v) is 13.4. The van der Waals surface area contributed by atoms with Crippen LogP contribution in [-0.4, -0.2) is 47.8 Å². The second-order valence-corrected chi connectivity index (χ2v) is 6.76. The molecule has 1 heterocycles. The molecule has 0 aromatic heterocycles. The van der Waals surface area contributed by atoms with Crippen molar-refractivity contribution in [3.05, 3.63) is 0 Å². The molecule has 2 atom stereocenters. The molecule has 1 aliphatic heterocycles. The molecule has 0 spiro atoms. The maximum Gasteiger partial charge on any atom is 0.329 e. The van der Waals surface area contributed by atoms with E-state index in [1.54, 1.807) is 0 Å². The van der Waals surface area contributed by atoms with Gasteiger partial charge in [0, 0.05) is 19.1 Å². The average Bonchev–Trinajstić information content (AvgIpc) is 2.72. The van der Waals surface area contributed by atoms with Crippen LogP contribution in [0.25, 0.3) is 0 Å². The highest BCUT2D eigenvalue weighted by molar-refractivity contribution is 5.68. The van der Waals surface area contributed by atoms with E-state index in [1.165, 1.54) is 44.9 Å². The number of carbonyl (C=O) groups is 1. The molecule has 2 rings (SSSR count). The van der Waals surface area contributed by atoms with Crippen LogP contribution in [0.2, 0.25) is 0 Å². The van der Waals surface area contributed by atoms with Crippen LogP contribution in [0.15, 0.2) is 0 Å². The molecule has 0 amide bonds. The van der Waals surface area contributed by atoms with Crippen molar-refractivity contribution < 1.29 is 14.6 Å². The predicted molar refractivity (Wildman–Crippen MR) is 83.5 cm³/mol. The van der Waals surface area contributed by atoms with Gasteiger partial charge in [0.05, 0.1) is 6.10 Å². The van der Waals surface area contributed by atoms with Gasteiger partial charge in [-0.3, -0.25) is 0 Å². The third-order valence-corrected chi connectivity index (χ3v) is 5.19. The molecule has 1 saturated heterocycles. The monoisotopic (exact) mass is 297 g/mol. The van der Waals surface area contributed by atoms with E-state index in [0.29, 0.717) is 0 Å². The highest BCUT2D eigenvalue weighted by atomic mass is 16.5. The summed E-state index contributed by atoms with van der Waals surface area (Å²) in [6.07, 6.45) is 11.7. The second kappa shape index (κ2) is 8.74. The third kappa shape index (κ3) is 5.59. The zero-order valence-electron chi connectivity index (χ0n) is 13.4. The summed E-state index contributed by atoms with van der Waals surface area (Å²) in [4.78, 5) is 13.2. The van der Waals surface area contributed by atoms with Crippen molar-refractivity contribution in [2.24, 2.45) is 5.92 Å². The Morgan fingerprint density at radius 1 is 1.14 bits per heavy atom. The lowest BCUT2D eigenvalue weighted by atomic mass is 9.95. The van der Waals surface area contributed by atoms with E-state index in [9.17, 15) is 4.79 Å². The molecule has 1 aliphatic carbocycles. The first-order chi connectivity index (χ1) is 10.2. The molecule has 0 aromatic carbocycles. The Balaban J connectivity index is 1.70. The van der Waals surface area contributed by atoms with Crippen molar-refractivity contribution in [2.75, 3.05) is 19.7 Å². The molecule has 2 aliphatic rings. The summed E-state index contributed by atoms with van der Waals surface area (Å²) in [6.45, 7) is 4.30. The largest absolute Gasteiger partial charge is 0.480 e. The first-order valence-electron chi connectivity index (χ1n) is 8.76. The topological polar surface area (TPSA) is 49.8 Å². The number of likely N-dealkylation sites (tertiary alicyclic amines) is 1. The van der Waals surface area contributed by atoms with Gasteiger partial charge < -0.3 is 14.7 Å². The van der Waals surface area contributed by atoms with E-state index in [2.05, 4.69) is 11.8 Å². The molecule has 0 bridgehead atoms. The van der Waals surface area contributed by atoms with Gasteiger partial charge in [0.2, 0.25) is 0 Å². The van der Waals surface area contributed by atoms with E-state index in [4.69, 9.17) is 9.84 Å². The maximum absolute atomic E-state index is 10.5. The van der Waals surface area contributed by atoms with Crippen LogP contribution in [-0.2, 0) is 9.53 Å². The highest BCUT2D eigenvalue weighted by Gasteiger charge is 2.27. The van der Waals surface area contributed by atoms with Gasteiger partial charge in [0.25, 0.3) is 0 Å². The number of aliphatic carboxylic acids is 1. The fourth-order valence-corrected chi connectivity index (χ4v) is 4.02. The molecule has 2 fully saturated rings. The lowest BCUT2D eigenvalue weighted by Gasteiger charge is -2.37. The maximum atomic E-state index is 10.5. The van der Waals surface area contributed by atoms with Crippen LogP contribution in [0, 0.1) is 5.92 Å². The molecule has 21 heavy (non-hydrogen) atoms. The van der Waals surface area contributed by atoms with E-state index in [1.807, 2.05) is 0 Å². The van der Waals surface area contributed by atoms with E-state index in [0.717, 1.165) is 37.9 Å². The molecule has 1 saturated carbocycles. The van der Waals surface area contributed by atoms with Crippen molar-refractivity contribution in [2.45, 2.75) is 76.9 Å². The number of hydrogen-bond acceptors (Lipinski definition) is 3. The number of carboxylic acid groups (broad SMARTS) is 1. The Labute approximate surface area is 128 Å². The number of hydrogen-bond donors (Lipinski definition) is 1. The summed E-state index contributed by atoms with van der Waals surface area (Å²) in [5.74, 6) is 0.0969. The second-order valence-electron chi connectivity index (χ2n) is 6.76. The smallest absolute Gasteiger partial charge is 0.329 e. The van der Waals surface area contributed by atoms with Gasteiger partial charge in [0.1, 0.15) is 6.61 Å². The number of piperidine rings is 1. The average molecular weight is 297 g/mol. The van der Waals surface area contributed by atoms with Crippen LogP contribution in [0.5, 0.6) is 0 Å². The van der Waals surface area contributed by atoms with Crippen molar-refractivity contribution in [1.29, 1.82) is 0 Å². The van der Waals surface area contributed by atoms with E-state index in [-0.39, 0.29) is 12.7 Å². The Kier molecular flexibility index (Phi) is 6.97. The summed E-state index contributed by atoms with van der Waals surface area (Å²) in [6, 6.07) is 0.757. The van der Waals surface area contributed by atoms with Gasteiger partial charge in [-0.2, -0.15) is 0 Å². The van der Waals surface area contributed by atoms with Gasteiger partial charge in [-0.15, -0.1) is 0 Å². The minimum absolute atomic E-state index is 0.146. The first-order valence-corrected chi connectivity index (χ1v) is 8.76. The number of nitrogens with zero attached hydrogens (tertiary/aromatic N) is 1. The fraction of sp³-hybridized carbons (Fsp3) is 0.941. The molecule has 4 nitrogen and oxygen atoms in total. The summed E-state index contributed by atoms with van der Waals surface area (Å²) < 4.78 is 5.43. The minimum atomic E-state index is -0.858.